The number of carbonyl (C=O) groups excluding carboxylic acids is 1. The van der Waals surface area contributed by atoms with Gasteiger partial charge < -0.3 is 10.6 Å². The van der Waals surface area contributed by atoms with E-state index >= 15 is 0 Å². The van der Waals surface area contributed by atoms with Crippen LogP contribution in [0.15, 0.2) is 54.9 Å². The van der Waals surface area contributed by atoms with Gasteiger partial charge in [0.05, 0.1) is 6.20 Å². The number of hydrogen-bond acceptors (Lipinski definition) is 3. The number of hydrogen-bond donors (Lipinski definition) is 2. The van der Waals surface area contributed by atoms with Crippen molar-refractivity contribution in [3.8, 4) is 0 Å². The first kappa shape index (κ1) is 14.1. The zero-order chi connectivity index (χ0) is 15.4. The number of fused-ring (bicyclic) bond motifs is 1. The van der Waals surface area contributed by atoms with Crippen LogP contribution in [-0.4, -0.2) is 28.4 Å². The van der Waals surface area contributed by atoms with Crippen molar-refractivity contribution in [2.24, 2.45) is 0 Å². The van der Waals surface area contributed by atoms with E-state index in [1.807, 2.05) is 55.6 Å². The molecule has 0 aliphatic rings. The molecule has 3 aromatic rings. The minimum atomic E-state index is -0.119. The molecule has 1 aromatic carbocycles. The molecule has 0 bridgehead atoms. The number of carbonyl (C=O) groups is 1. The van der Waals surface area contributed by atoms with Crippen LogP contribution in [-0.2, 0) is 0 Å². The summed E-state index contributed by atoms with van der Waals surface area (Å²) < 4.78 is 1.80. The van der Waals surface area contributed by atoms with Gasteiger partial charge in [0.15, 0.2) is 0 Å². The highest BCUT2D eigenvalue weighted by molar-refractivity contribution is 5.93. The zero-order valence-electron chi connectivity index (χ0n) is 12.4. The van der Waals surface area contributed by atoms with Crippen LogP contribution in [0.2, 0.25) is 0 Å². The predicted molar refractivity (Wildman–Crippen MR) is 87.2 cm³/mol. The van der Waals surface area contributed by atoms with Gasteiger partial charge in [0.1, 0.15) is 11.3 Å². The number of pyridine rings is 1. The number of nitrogens with one attached hydrogen (secondary N) is 2. The lowest BCUT2D eigenvalue weighted by Gasteiger charge is -2.08. The second kappa shape index (κ2) is 6.30. The highest BCUT2D eigenvalue weighted by Crippen LogP contribution is 2.09. The molecule has 0 unspecified atom stereocenters. The summed E-state index contributed by atoms with van der Waals surface area (Å²) in [7, 11) is 0. The maximum Gasteiger partial charge on any atom is 0.269 e. The van der Waals surface area contributed by atoms with Crippen LogP contribution in [0, 0.1) is 6.92 Å². The topological polar surface area (TPSA) is 58.4 Å². The number of para-hydroxylation sites is 1. The van der Waals surface area contributed by atoms with Gasteiger partial charge >= 0.3 is 0 Å². The molecule has 5 heteroatoms. The van der Waals surface area contributed by atoms with Crippen molar-refractivity contribution < 1.29 is 4.79 Å². The van der Waals surface area contributed by atoms with Crippen LogP contribution >= 0.6 is 0 Å². The van der Waals surface area contributed by atoms with Crippen molar-refractivity contribution in [1.29, 1.82) is 0 Å². The Morgan fingerprint density at radius 2 is 2.00 bits per heavy atom. The monoisotopic (exact) mass is 294 g/mol. The standard InChI is InChI=1S/C17H18N4O/c1-13-7-10-21-15(12-20-16(21)11-13)17(22)19-9-8-18-14-5-3-2-4-6-14/h2-7,10-12,18H,8-9H2,1H3,(H,19,22). The van der Waals surface area contributed by atoms with E-state index in [9.17, 15) is 4.79 Å². The van der Waals surface area contributed by atoms with Crippen LogP contribution in [0.1, 0.15) is 16.1 Å². The molecule has 1 amide bonds. The number of amides is 1. The molecule has 5 nitrogen and oxygen atoms in total. The molecule has 0 fully saturated rings. The number of aromatic nitrogens is 2. The van der Waals surface area contributed by atoms with Crippen molar-refractivity contribution in [3.63, 3.8) is 0 Å². The second-order valence-corrected chi connectivity index (χ2v) is 5.12. The third-order valence-electron chi connectivity index (χ3n) is 3.41. The van der Waals surface area contributed by atoms with Gasteiger partial charge in [0.2, 0.25) is 0 Å². The van der Waals surface area contributed by atoms with Gasteiger partial charge in [-0.25, -0.2) is 4.98 Å². The average Bonchev–Trinajstić information content (AvgIpc) is 2.95. The Morgan fingerprint density at radius 1 is 1.18 bits per heavy atom. The predicted octanol–water partition coefficient (Wildman–Crippen LogP) is 2.48. The molecule has 0 spiro atoms. The number of benzene rings is 1. The van der Waals surface area contributed by atoms with Crippen molar-refractivity contribution >= 4 is 17.2 Å². The van der Waals surface area contributed by atoms with Crippen LogP contribution in [0.5, 0.6) is 0 Å². The Morgan fingerprint density at radius 3 is 2.82 bits per heavy atom. The SMILES string of the molecule is Cc1ccn2c(C(=O)NCCNc3ccccc3)cnc2c1. The third kappa shape index (κ3) is 3.09. The van der Waals surface area contributed by atoms with Gasteiger partial charge in [0.25, 0.3) is 5.91 Å². The Balaban J connectivity index is 1.57. The van der Waals surface area contributed by atoms with E-state index in [4.69, 9.17) is 0 Å². The highest BCUT2D eigenvalue weighted by Gasteiger charge is 2.11. The average molecular weight is 294 g/mol. The summed E-state index contributed by atoms with van der Waals surface area (Å²) >= 11 is 0. The highest BCUT2D eigenvalue weighted by atomic mass is 16.1. The first-order chi connectivity index (χ1) is 10.7. The largest absolute Gasteiger partial charge is 0.383 e. The van der Waals surface area contributed by atoms with Gasteiger partial charge in [-0.2, -0.15) is 0 Å². The Kier molecular flexibility index (Phi) is 4.05. The maximum absolute atomic E-state index is 12.2. The molecule has 0 atom stereocenters. The van der Waals surface area contributed by atoms with E-state index in [-0.39, 0.29) is 5.91 Å². The zero-order valence-corrected chi connectivity index (χ0v) is 12.4. The maximum atomic E-state index is 12.2. The fraction of sp³-hybridized carbons (Fsp3) is 0.176. The molecule has 0 radical (unpaired) electrons. The molecule has 2 heterocycles. The fourth-order valence-corrected chi connectivity index (χ4v) is 2.28. The molecular weight excluding hydrogens is 276 g/mol. The van der Waals surface area contributed by atoms with Crippen molar-refractivity contribution in [2.75, 3.05) is 18.4 Å². The summed E-state index contributed by atoms with van der Waals surface area (Å²) in [4.78, 5) is 16.5. The van der Waals surface area contributed by atoms with Crippen LogP contribution < -0.4 is 10.6 Å². The number of anilines is 1. The van der Waals surface area contributed by atoms with Gasteiger partial charge in [-0.3, -0.25) is 9.20 Å². The lowest BCUT2D eigenvalue weighted by molar-refractivity contribution is 0.0949. The van der Waals surface area contributed by atoms with E-state index in [1.54, 1.807) is 10.6 Å². The number of rotatable bonds is 5. The van der Waals surface area contributed by atoms with E-state index < -0.39 is 0 Å². The minimum absolute atomic E-state index is 0.119. The Bertz CT molecular complexity index is 780. The first-order valence-electron chi connectivity index (χ1n) is 7.25. The van der Waals surface area contributed by atoms with Gasteiger partial charge in [-0.1, -0.05) is 18.2 Å². The summed E-state index contributed by atoms with van der Waals surface area (Å²) in [6.45, 7) is 3.22. The van der Waals surface area contributed by atoms with Crippen molar-refractivity contribution in [3.05, 3.63) is 66.1 Å². The van der Waals surface area contributed by atoms with E-state index in [1.165, 1.54) is 0 Å². The molecule has 0 saturated heterocycles. The Hall–Kier alpha value is -2.82. The third-order valence-corrected chi connectivity index (χ3v) is 3.41. The minimum Gasteiger partial charge on any atom is -0.383 e. The Labute approximate surface area is 129 Å². The molecule has 112 valence electrons. The second-order valence-electron chi connectivity index (χ2n) is 5.12. The number of imidazole rings is 1. The van der Waals surface area contributed by atoms with Crippen LogP contribution in [0.25, 0.3) is 5.65 Å². The molecular formula is C17H18N4O. The van der Waals surface area contributed by atoms with Crippen molar-refractivity contribution in [1.82, 2.24) is 14.7 Å². The molecule has 0 saturated carbocycles. The van der Waals surface area contributed by atoms with Gasteiger partial charge in [-0.05, 0) is 36.8 Å². The normalized spacial score (nSPS) is 10.6. The van der Waals surface area contributed by atoms with E-state index in [2.05, 4.69) is 15.6 Å². The number of aryl methyl sites for hydroxylation is 1. The lowest BCUT2D eigenvalue weighted by atomic mass is 10.3. The molecule has 0 aliphatic carbocycles. The van der Waals surface area contributed by atoms with Gasteiger partial charge in [0, 0.05) is 25.0 Å². The quantitative estimate of drug-likeness (QED) is 0.711. The molecule has 22 heavy (non-hydrogen) atoms. The number of nitrogens with zero attached hydrogens (tertiary/aromatic N) is 2. The first-order valence-corrected chi connectivity index (χ1v) is 7.25. The smallest absolute Gasteiger partial charge is 0.269 e. The summed E-state index contributed by atoms with van der Waals surface area (Å²) in [6, 6.07) is 13.8. The van der Waals surface area contributed by atoms with Gasteiger partial charge in [-0.15, -0.1) is 0 Å². The summed E-state index contributed by atoms with van der Waals surface area (Å²) in [5, 5.41) is 6.15. The van der Waals surface area contributed by atoms with Crippen molar-refractivity contribution in [2.45, 2.75) is 6.92 Å². The molecule has 2 aromatic heterocycles. The van der Waals surface area contributed by atoms with E-state index in [0.29, 0.717) is 18.8 Å². The van der Waals surface area contributed by atoms with Crippen LogP contribution in [0.4, 0.5) is 5.69 Å². The summed E-state index contributed by atoms with van der Waals surface area (Å²) in [5.74, 6) is -0.119. The molecule has 0 aliphatic heterocycles. The molecule has 3 rings (SSSR count). The summed E-state index contributed by atoms with van der Waals surface area (Å²) in [5.41, 5.74) is 3.50. The summed E-state index contributed by atoms with van der Waals surface area (Å²) in [6.07, 6.45) is 3.48. The fourth-order valence-electron chi connectivity index (χ4n) is 2.28. The van der Waals surface area contributed by atoms with E-state index in [0.717, 1.165) is 16.9 Å². The lowest BCUT2D eigenvalue weighted by Crippen LogP contribution is -2.29. The molecule has 2 N–H and O–H groups in total. The van der Waals surface area contributed by atoms with Crippen LogP contribution in [0.3, 0.4) is 0 Å².